The largest absolute Gasteiger partial charge is 0.488 e. The van der Waals surface area contributed by atoms with Crippen molar-refractivity contribution in [3.8, 4) is 5.75 Å². The van der Waals surface area contributed by atoms with Gasteiger partial charge in [-0.1, -0.05) is 0 Å². The first-order valence-electron chi connectivity index (χ1n) is 6.91. The number of likely N-dealkylation sites (tertiary alicyclic amines) is 1. The molecule has 0 saturated carbocycles. The Bertz CT molecular complexity index is 520. The lowest BCUT2D eigenvalue weighted by atomic mass is 10.1. The number of halogens is 1. The Morgan fingerprint density at radius 1 is 1.55 bits per heavy atom. The maximum Gasteiger partial charge on any atom is 0.310 e. The van der Waals surface area contributed by atoms with E-state index in [9.17, 15) is 9.18 Å². The number of hydrogen-bond donors (Lipinski definition) is 0. The van der Waals surface area contributed by atoms with Crippen molar-refractivity contribution in [2.75, 3.05) is 26.7 Å². The van der Waals surface area contributed by atoms with Gasteiger partial charge in [0, 0.05) is 25.1 Å². The number of fused-ring (bicyclic) bond motifs is 1. The van der Waals surface area contributed by atoms with Crippen molar-refractivity contribution in [3.05, 3.63) is 29.6 Å². The summed E-state index contributed by atoms with van der Waals surface area (Å²) >= 11 is 0. The predicted octanol–water partition coefficient (Wildman–Crippen LogP) is 1.62. The number of carbonyl (C=O) groups is 1. The van der Waals surface area contributed by atoms with E-state index in [1.807, 2.05) is 0 Å². The van der Waals surface area contributed by atoms with Gasteiger partial charge in [0.2, 0.25) is 0 Å². The Morgan fingerprint density at radius 3 is 3.20 bits per heavy atom. The highest BCUT2D eigenvalue weighted by molar-refractivity contribution is 5.72. The maximum absolute atomic E-state index is 13.2. The van der Waals surface area contributed by atoms with E-state index < -0.39 is 0 Å². The topological polar surface area (TPSA) is 38.8 Å². The van der Waals surface area contributed by atoms with E-state index in [-0.39, 0.29) is 23.8 Å². The Morgan fingerprint density at radius 2 is 2.40 bits per heavy atom. The highest BCUT2D eigenvalue weighted by Crippen LogP contribution is 2.30. The van der Waals surface area contributed by atoms with Crippen LogP contribution >= 0.6 is 0 Å². The van der Waals surface area contributed by atoms with Crippen LogP contribution in [0.1, 0.15) is 12.0 Å². The number of hydrogen-bond acceptors (Lipinski definition) is 4. The van der Waals surface area contributed by atoms with Gasteiger partial charge in [0.1, 0.15) is 17.7 Å². The third kappa shape index (κ3) is 2.63. The highest BCUT2D eigenvalue weighted by atomic mass is 19.1. The summed E-state index contributed by atoms with van der Waals surface area (Å²) in [5.74, 6) is 0.395. The second-order valence-electron chi connectivity index (χ2n) is 5.46. The Hall–Kier alpha value is -1.62. The first kappa shape index (κ1) is 13.4. The molecule has 20 heavy (non-hydrogen) atoms. The SMILES string of the molecule is COC(=O)C1CCN(CC2Cc3cc(F)ccc3O2)C1. The molecule has 0 bridgehead atoms. The summed E-state index contributed by atoms with van der Waals surface area (Å²) in [5.41, 5.74) is 0.929. The fourth-order valence-corrected chi connectivity index (χ4v) is 3.04. The zero-order valence-corrected chi connectivity index (χ0v) is 11.5. The normalized spacial score (nSPS) is 25.3. The molecule has 2 aliphatic heterocycles. The lowest BCUT2D eigenvalue weighted by molar-refractivity contribution is -0.144. The number of esters is 1. The van der Waals surface area contributed by atoms with Crippen LogP contribution in [0.2, 0.25) is 0 Å². The minimum absolute atomic E-state index is 0.0266. The fourth-order valence-electron chi connectivity index (χ4n) is 3.04. The summed E-state index contributed by atoms with van der Waals surface area (Å²) in [6.07, 6.45) is 1.61. The smallest absolute Gasteiger partial charge is 0.310 e. The van der Waals surface area contributed by atoms with E-state index >= 15 is 0 Å². The third-order valence-electron chi connectivity index (χ3n) is 4.03. The fraction of sp³-hybridized carbons (Fsp3) is 0.533. The minimum atomic E-state index is -0.222. The average molecular weight is 279 g/mol. The van der Waals surface area contributed by atoms with Crippen molar-refractivity contribution >= 4 is 5.97 Å². The Labute approximate surface area is 117 Å². The first-order chi connectivity index (χ1) is 9.65. The lowest BCUT2D eigenvalue weighted by Gasteiger charge is -2.19. The molecular weight excluding hydrogens is 261 g/mol. The summed E-state index contributed by atoms with van der Waals surface area (Å²) < 4.78 is 23.8. The van der Waals surface area contributed by atoms with Gasteiger partial charge in [-0.2, -0.15) is 0 Å². The molecule has 0 N–H and O–H groups in total. The van der Waals surface area contributed by atoms with E-state index in [0.29, 0.717) is 0 Å². The molecule has 1 aromatic rings. The van der Waals surface area contributed by atoms with Crippen LogP contribution in [-0.2, 0) is 16.0 Å². The minimum Gasteiger partial charge on any atom is -0.488 e. The molecule has 0 radical (unpaired) electrons. The second-order valence-corrected chi connectivity index (χ2v) is 5.46. The van der Waals surface area contributed by atoms with Crippen LogP contribution in [0.15, 0.2) is 18.2 Å². The van der Waals surface area contributed by atoms with Gasteiger partial charge in [-0.3, -0.25) is 9.69 Å². The van der Waals surface area contributed by atoms with Gasteiger partial charge in [-0.15, -0.1) is 0 Å². The van der Waals surface area contributed by atoms with Gasteiger partial charge < -0.3 is 9.47 Å². The number of nitrogens with zero attached hydrogens (tertiary/aromatic N) is 1. The predicted molar refractivity (Wildman–Crippen MR) is 71.1 cm³/mol. The monoisotopic (exact) mass is 279 g/mol. The lowest BCUT2D eigenvalue weighted by Crippen LogP contribution is -2.34. The molecule has 5 heteroatoms. The molecule has 0 amide bonds. The molecular formula is C15H18FNO3. The molecule has 2 atom stereocenters. The van der Waals surface area contributed by atoms with E-state index in [2.05, 4.69) is 4.90 Å². The van der Waals surface area contributed by atoms with Gasteiger partial charge in [0.15, 0.2) is 0 Å². The number of ether oxygens (including phenoxy) is 2. The number of benzene rings is 1. The molecule has 0 aliphatic carbocycles. The quantitative estimate of drug-likeness (QED) is 0.788. The maximum atomic E-state index is 13.2. The molecule has 1 fully saturated rings. The molecule has 0 spiro atoms. The first-order valence-corrected chi connectivity index (χ1v) is 6.91. The third-order valence-corrected chi connectivity index (χ3v) is 4.03. The zero-order valence-electron chi connectivity index (χ0n) is 11.5. The summed E-state index contributed by atoms with van der Waals surface area (Å²) in [5, 5.41) is 0. The highest BCUT2D eigenvalue weighted by Gasteiger charge is 2.32. The second kappa shape index (κ2) is 5.40. The molecule has 2 heterocycles. The van der Waals surface area contributed by atoms with Crippen LogP contribution in [0.4, 0.5) is 4.39 Å². The van der Waals surface area contributed by atoms with Crippen LogP contribution in [-0.4, -0.2) is 43.7 Å². The van der Waals surface area contributed by atoms with Crippen LogP contribution < -0.4 is 4.74 Å². The number of methoxy groups -OCH3 is 1. The van der Waals surface area contributed by atoms with Gasteiger partial charge >= 0.3 is 5.97 Å². The molecule has 4 nitrogen and oxygen atoms in total. The van der Waals surface area contributed by atoms with Crippen LogP contribution in [0, 0.1) is 11.7 Å². The van der Waals surface area contributed by atoms with Crippen LogP contribution in [0.5, 0.6) is 5.75 Å². The molecule has 1 aromatic carbocycles. The van der Waals surface area contributed by atoms with Crippen LogP contribution in [0.3, 0.4) is 0 Å². The van der Waals surface area contributed by atoms with E-state index in [1.54, 1.807) is 6.07 Å². The number of carbonyl (C=O) groups excluding carboxylic acids is 1. The molecule has 0 aromatic heterocycles. The van der Waals surface area contributed by atoms with E-state index in [0.717, 1.165) is 43.8 Å². The molecule has 3 rings (SSSR count). The standard InChI is InChI=1S/C15H18FNO3/c1-19-15(18)10-4-5-17(8-10)9-13-7-11-6-12(16)2-3-14(11)20-13/h2-3,6,10,13H,4-5,7-9H2,1H3. The Kier molecular flexibility index (Phi) is 3.61. The van der Waals surface area contributed by atoms with E-state index in [1.165, 1.54) is 19.2 Å². The molecule has 1 saturated heterocycles. The van der Waals surface area contributed by atoms with Crippen molar-refractivity contribution in [3.63, 3.8) is 0 Å². The summed E-state index contributed by atoms with van der Waals surface area (Å²) in [6.45, 7) is 2.37. The van der Waals surface area contributed by atoms with Gasteiger partial charge in [0.25, 0.3) is 0 Å². The van der Waals surface area contributed by atoms with Gasteiger partial charge in [-0.25, -0.2) is 4.39 Å². The molecule has 108 valence electrons. The summed E-state index contributed by atoms with van der Waals surface area (Å²) in [6, 6.07) is 4.65. The molecule has 2 aliphatic rings. The summed E-state index contributed by atoms with van der Waals surface area (Å²) in [7, 11) is 1.43. The van der Waals surface area contributed by atoms with Crippen molar-refractivity contribution in [2.45, 2.75) is 18.9 Å². The Balaban J connectivity index is 1.55. The van der Waals surface area contributed by atoms with Crippen molar-refractivity contribution in [2.24, 2.45) is 5.92 Å². The van der Waals surface area contributed by atoms with Crippen molar-refractivity contribution in [1.82, 2.24) is 4.90 Å². The molecule has 2 unspecified atom stereocenters. The average Bonchev–Trinajstić information content (AvgIpc) is 3.04. The zero-order chi connectivity index (χ0) is 14.1. The van der Waals surface area contributed by atoms with Crippen LogP contribution in [0.25, 0.3) is 0 Å². The van der Waals surface area contributed by atoms with Crippen molar-refractivity contribution in [1.29, 1.82) is 0 Å². The van der Waals surface area contributed by atoms with Gasteiger partial charge in [-0.05, 0) is 31.2 Å². The number of rotatable bonds is 3. The van der Waals surface area contributed by atoms with Crippen molar-refractivity contribution < 1.29 is 18.7 Å². The van der Waals surface area contributed by atoms with Gasteiger partial charge in [0.05, 0.1) is 13.0 Å². The summed E-state index contributed by atoms with van der Waals surface area (Å²) in [4.78, 5) is 13.7. The van der Waals surface area contributed by atoms with E-state index in [4.69, 9.17) is 9.47 Å².